The molecular weight excluding hydrogens is 915 g/mol. The van der Waals surface area contributed by atoms with Crippen LogP contribution in [0.3, 0.4) is 0 Å². The quantitative estimate of drug-likeness (QED) is 0.144. The van der Waals surface area contributed by atoms with Crippen LogP contribution in [0.25, 0.3) is 137 Å². The van der Waals surface area contributed by atoms with E-state index in [1.54, 1.807) is 11.3 Å². The van der Waals surface area contributed by atoms with Gasteiger partial charge in [0.05, 0.1) is 32.6 Å². The Balaban J connectivity index is 1.20. The smallest absolute Gasteiger partial charge is 0.160 e. The highest BCUT2D eigenvalue weighted by molar-refractivity contribution is 7.26. The van der Waals surface area contributed by atoms with Crippen molar-refractivity contribution >= 4 is 53.4 Å². The summed E-state index contributed by atoms with van der Waals surface area (Å²) >= 11 is 1.76. The third kappa shape index (κ3) is 7.51. The lowest BCUT2D eigenvalue weighted by Crippen LogP contribution is -2.03. The zero-order valence-corrected chi connectivity index (χ0v) is 41.0. The Labute approximate surface area is 433 Å². The maximum atomic E-state index is 5.57. The van der Waals surface area contributed by atoms with Crippen LogP contribution < -0.4 is 0 Å². The maximum Gasteiger partial charge on any atom is 0.160 e. The Morgan fingerprint density at radius 2 is 0.662 bits per heavy atom. The number of aromatic nitrogens is 3. The third-order valence-corrected chi connectivity index (χ3v) is 15.5. The lowest BCUT2D eigenvalue weighted by atomic mass is 9.90. The first-order chi connectivity index (χ1) is 36.7. The minimum atomic E-state index is 0.703. The fourth-order valence-corrected chi connectivity index (χ4v) is 12.1. The van der Waals surface area contributed by atoms with Gasteiger partial charge in [-0.2, -0.15) is 0 Å². The summed E-state index contributed by atoms with van der Waals surface area (Å²) < 4.78 is 4.85. The first kappa shape index (κ1) is 43.3. The Hall–Kier alpha value is -9.48. The van der Waals surface area contributed by atoms with Crippen LogP contribution in [0.1, 0.15) is 0 Å². The molecule has 0 unspecified atom stereocenters. The van der Waals surface area contributed by atoms with Gasteiger partial charge in [-0.15, -0.1) is 11.3 Å². The lowest BCUT2D eigenvalue weighted by molar-refractivity contribution is 1.18. The highest BCUT2D eigenvalue weighted by Crippen LogP contribution is 2.51. The van der Waals surface area contributed by atoms with E-state index in [9.17, 15) is 0 Å². The van der Waals surface area contributed by atoms with Gasteiger partial charge in [0.15, 0.2) is 5.82 Å². The van der Waals surface area contributed by atoms with Gasteiger partial charge < -0.3 is 4.57 Å². The van der Waals surface area contributed by atoms with Crippen molar-refractivity contribution < 1.29 is 0 Å². The van der Waals surface area contributed by atoms with Crippen molar-refractivity contribution in [1.29, 1.82) is 0 Å². The van der Waals surface area contributed by atoms with Crippen molar-refractivity contribution in [1.82, 2.24) is 14.5 Å². The zero-order chi connectivity index (χ0) is 49.0. The van der Waals surface area contributed by atoms with Gasteiger partial charge in [0, 0.05) is 43.1 Å². The summed E-state index contributed by atoms with van der Waals surface area (Å²) in [4.78, 5) is 10.9. The molecule has 0 radical (unpaired) electrons. The number of thiophene rings is 1. The van der Waals surface area contributed by atoms with E-state index in [2.05, 4.69) is 271 Å². The van der Waals surface area contributed by atoms with E-state index in [1.165, 1.54) is 26.6 Å². The maximum absolute atomic E-state index is 5.57. The molecule has 0 saturated heterocycles. The first-order valence-corrected chi connectivity index (χ1v) is 26.0. The molecule has 14 aromatic rings. The summed E-state index contributed by atoms with van der Waals surface area (Å²) in [6.45, 7) is 0. The number of benzene rings is 11. The summed E-state index contributed by atoms with van der Waals surface area (Å²) in [5.41, 5.74) is 20.9. The predicted octanol–water partition coefficient (Wildman–Crippen LogP) is 19.3. The molecule has 3 aromatic heterocycles. The monoisotopic (exact) mass is 959 g/mol. The average Bonchev–Trinajstić information content (AvgIpc) is 4.09. The Bertz CT molecular complexity index is 4160. The van der Waals surface area contributed by atoms with E-state index in [1.807, 2.05) is 6.07 Å². The summed E-state index contributed by atoms with van der Waals surface area (Å²) in [5.74, 6) is 0.703. The third-order valence-electron chi connectivity index (χ3n) is 14.4. The second kappa shape index (κ2) is 18.3. The van der Waals surface area contributed by atoms with E-state index in [-0.39, 0.29) is 0 Å². The molecule has 0 atom stereocenters. The molecule has 0 saturated carbocycles. The molecule has 0 amide bonds. The van der Waals surface area contributed by atoms with E-state index < -0.39 is 0 Å². The molecule has 4 heteroatoms. The number of fused-ring (bicyclic) bond motifs is 6. The average molecular weight is 960 g/mol. The molecule has 11 aromatic carbocycles. The van der Waals surface area contributed by atoms with Gasteiger partial charge in [-0.3, -0.25) is 0 Å². The molecule has 3 nitrogen and oxygen atoms in total. The second-order valence-corrected chi connectivity index (χ2v) is 19.9. The molecule has 74 heavy (non-hydrogen) atoms. The van der Waals surface area contributed by atoms with E-state index in [0.29, 0.717) is 5.82 Å². The van der Waals surface area contributed by atoms with Gasteiger partial charge in [0.25, 0.3) is 0 Å². The highest BCUT2D eigenvalue weighted by Gasteiger charge is 2.28. The van der Waals surface area contributed by atoms with Gasteiger partial charge in [0.2, 0.25) is 0 Å². The Morgan fingerprint density at radius 3 is 1.11 bits per heavy atom. The molecule has 14 rings (SSSR count). The van der Waals surface area contributed by atoms with Gasteiger partial charge in [-0.1, -0.05) is 231 Å². The SMILES string of the molecule is c1ccc(-c2cc(-c3ccccc3)c3c4c(-c5ccccc5)cc(-c5ccccc5)cc4n(-c4c(-c5ccccc5)cc(-c5nc(-c6ccccc6)nc6c5sc5ccccc56)cc4-c4ccccc4)c3c2)cc1. The van der Waals surface area contributed by atoms with Gasteiger partial charge in [-0.25, -0.2) is 9.97 Å². The largest absolute Gasteiger partial charge is 0.308 e. The number of rotatable bonds is 9. The molecule has 0 aliphatic heterocycles. The van der Waals surface area contributed by atoms with Crippen LogP contribution in [0.15, 0.2) is 273 Å². The zero-order valence-electron chi connectivity index (χ0n) is 40.2. The molecule has 0 aliphatic rings. The lowest BCUT2D eigenvalue weighted by Gasteiger charge is -2.22. The van der Waals surface area contributed by atoms with Crippen LogP contribution in [0.2, 0.25) is 0 Å². The second-order valence-electron chi connectivity index (χ2n) is 18.8. The Morgan fingerprint density at radius 1 is 0.297 bits per heavy atom. The van der Waals surface area contributed by atoms with Gasteiger partial charge in [0.1, 0.15) is 0 Å². The van der Waals surface area contributed by atoms with Crippen LogP contribution in [-0.4, -0.2) is 14.5 Å². The summed E-state index contributed by atoms with van der Waals surface area (Å²) in [6.07, 6.45) is 0. The number of hydrogen-bond acceptors (Lipinski definition) is 3. The van der Waals surface area contributed by atoms with Crippen LogP contribution in [0.5, 0.6) is 0 Å². The van der Waals surface area contributed by atoms with E-state index >= 15 is 0 Å². The van der Waals surface area contributed by atoms with Crippen molar-refractivity contribution in [2.45, 2.75) is 0 Å². The normalized spacial score (nSPS) is 11.5. The standard InChI is InChI=1S/C70H45N3S/c1-8-24-46(25-9-1)53-40-57(48-28-12-3-13-29-48)64-61(44-53)73(62-45-54(47-26-10-2-11-27-47)41-58(65(62)64)49-30-14-4-15-31-49)68-59(50-32-16-5-17-33-50)42-55(43-60(68)51-34-18-6-19-35-51)66-69-67(56-38-22-23-39-63(56)74-69)72-70(71-66)52-36-20-7-21-37-52/h1-45H. The highest BCUT2D eigenvalue weighted by atomic mass is 32.1. The molecule has 0 aliphatic carbocycles. The van der Waals surface area contributed by atoms with Crippen molar-refractivity contribution in [3.8, 4) is 95.1 Å². The fourth-order valence-electron chi connectivity index (χ4n) is 11.0. The molecule has 0 fully saturated rings. The number of nitrogens with zero attached hydrogens (tertiary/aromatic N) is 3. The van der Waals surface area contributed by atoms with Gasteiger partial charge in [-0.05, 0) is 98.1 Å². The minimum absolute atomic E-state index is 0.703. The van der Waals surface area contributed by atoms with Crippen LogP contribution >= 0.6 is 11.3 Å². The van der Waals surface area contributed by atoms with E-state index in [0.717, 1.165) is 105 Å². The molecule has 0 bridgehead atoms. The van der Waals surface area contributed by atoms with Crippen molar-refractivity contribution in [2.75, 3.05) is 0 Å². The topological polar surface area (TPSA) is 30.7 Å². The van der Waals surface area contributed by atoms with E-state index in [4.69, 9.17) is 9.97 Å². The fraction of sp³-hybridized carbons (Fsp3) is 0. The molecule has 0 spiro atoms. The summed E-state index contributed by atoms with van der Waals surface area (Å²) in [7, 11) is 0. The van der Waals surface area contributed by atoms with Crippen LogP contribution in [0, 0.1) is 0 Å². The van der Waals surface area contributed by atoms with Crippen LogP contribution in [-0.2, 0) is 0 Å². The molecule has 0 N–H and O–H groups in total. The van der Waals surface area contributed by atoms with Crippen molar-refractivity contribution in [2.24, 2.45) is 0 Å². The summed E-state index contributed by atoms with van der Waals surface area (Å²) in [6, 6.07) is 98.9. The van der Waals surface area contributed by atoms with Crippen LogP contribution in [0.4, 0.5) is 0 Å². The summed E-state index contributed by atoms with van der Waals surface area (Å²) in [5, 5.41) is 3.53. The molecule has 3 heterocycles. The predicted molar refractivity (Wildman–Crippen MR) is 313 cm³/mol. The molecule has 346 valence electrons. The van der Waals surface area contributed by atoms with Crippen molar-refractivity contribution in [3.63, 3.8) is 0 Å². The number of hydrogen-bond donors (Lipinski definition) is 0. The van der Waals surface area contributed by atoms with Crippen molar-refractivity contribution in [3.05, 3.63) is 273 Å². The Kier molecular flexibility index (Phi) is 10.7. The van der Waals surface area contributed by atoms with Gasteiger partial charge >= 0.3 is 0 Å². The minimum Gasteiger partial charge on any atom is -0.308 e. The first-order valence-electron chi connectivity index (χ1n) is 25.1. The molecular formula is C70H45N3S.